The van der Waals surface area contributed by atoms with Crippen LogP contribution < -0.4 is 14.8 Å². The van der Waals surface area contributed by atoms with Gasteiger partial charge in [0.25, 0.3) is 5.91 Å². The second-order valence-electron chi connectivity index (χ2n) is 5.42. The zero-order valence-corrected chi connectivity index (χ0v) is 15.2. The number of amides is 1. The average Bonchev–Trinajstić information content (AvgIpc) is 2.71. The van der Waals surface area contributed by atoms with Gasteiger partial charge in [-0.25, -0.2) is 0 Å². The predicted molar refractivity (Wildman–Crippen MR) is 98.2 cm³/mol. The summed E-state index contributed by atoms with van der Waals surface area (Å²) in [5.41, 5.74) is 0.711. The number of hydrogen-bond acceptors (Lipinski definition) is 6. The topological polar surface area (TPSA) is 90.9 Å². The molecule has 7 heteroatoms. The van der Waals surface area contributed by atoms with E-state index >= 15 is 0 Å². The van der Waals surface area contributed by atoms with Crippen LogP contribution in [0, 0.1) is 0 Å². The Labute approximate surface area is 157 Å². The van der Waals surface area contributed by atoms with Gasteiger partial charge in [0, 0.05) is 5.56 Å². The van der Waals surface area contributed by atoms with Crippen LogP contribution in [0.1, 0.15) is 27.6 Å². The van der Waals surface area contributed by atoms with Crippen LogP contribution in [0.15, 0.2) is 48.5 Å². The molecule has 2 aromatic carbocycles. The summed E-state index contributed by atoms with van der Waals surface area (Å²) < 4.78 is 15.3. The molecule has 0 aliphatic heterocycles. The monoisotopic (exact) mass is 371 g/mol. The number of nitrogens with one attached hydrogen (secondary N) is 1. The highest BCUT2D eigenvalue weighted by molar-refractivity contribution is 6.00. The van der Waals surface area contributed by atoms with Crippen LogP contribution in [0.2, 0.25) is 0 Å². The Morgan fingerprint density at radius 2 is 1.70 bits per heavy atom. The van der Waals surface area contributed by atoms with Crippen molar-refractivity contribution in [1.29, 1.82) is 0 Å². The fourth-order valence-corrected chi connectivity index (χ4v) is 2.27. The highest BCUT2D eigenvalue weighted by Gasteiger charge is 2.15. The molecule has 0 saturated carbocycles. The second kappa shape index (κ2) is 9.96. The van der Waals surface area contributed by atoms with Crippen molar-refractivity contribution in [2.24, 2.45) is 0 Å². The van der Waals surface area contributed by atoms with E-state index in [1.807, 2.05) is 6.92 Å². The van der Waals surface area contributed by atoms with Crippen molar-refractivity contribution >= 4 is 17.7 Å². The van der Waals surface area contributed by atoms with Gasteiger partial charge in [-0.3, -0.25) is 14.4 Å². The van der Waals surface area contributed by atoms with Gasteiger partial charge < -0.3 is 19.5 Å². The van der Waals surface area contributed by atoms with E-state index in [0.717, 1.165) is 0 Å². The lowest BCUT2D eigenvalue weighted by Gasteiger charge is -2.09. The number of ether oxygens (including phenoxy) is 3. The summed E-state index contributed by atoms with van der Waals surface area (Å²) in [6.07, 6.45) is 0. The average molecular weight is 371 g/mol. The Kier molecular flexibility index (Phi) is 7.37. The fraction of sp³-hybridized carbons (Fsp3) is 0.250. The molecular weight excluding hydrogens is 350 g/mol. The summed E-state index contributed by atoms with van der Waals surface area (Å²) in [7, 11) is 1.45. The summed E-state index contributed by atoms with van der Waals surface area (Å²) in [4.78, 5) is 35.9. The molecule has 0 spiro atoms. The van der Waals surface area contributed by atoms with Crippen molar-refractivity contribution in [2.45, 2.75) is 6.92 Å². The van der Waals surface area contributed by atoms with E-state index in [1.54, 1.807) is 48.5 Å². The van der Waals surface area contributed by atoms with E-state index in [9.17, 15) is 14.4 Å². The summed E-state index contributed by atoms with van der Waals surface area (Å²) in [6.45, 7) is 1.62. The second-order valence-corrected chi connectivity index (χ2v) is 5.42. The molecule has 0 aliphatic rings. The minimum atomic E-state index is -0.711. The highest BCUT2D eigenvalue weighted by atomic mass is 16.5. The molecule has 1 N–H and O–H groups in total. The summed E-state index contributed by atoms with van der Waals surface area (Å²) in [6, 6.07) is 13.2. The van der Waals surface area contributed by atoms with Crippen LogP contribution >= 0.6 is 0 Å². The van der Waals surface area contributed by atoms with Crippen molar-refractivity contribution in [1.82, 2.24) is 5.32 Å². The largest absolute Gasteiger partial charge is 0.496 e. The maximum Gasteiger partial charge on any atom is 0.325 e. The number of ketones is 1. The van der Waals surface area contributed by atoms with Crippen molar-refractivity contribution in [2.75, 3.05) is 26.9 Å². The molecule has 0 unspecified atom stereocenters. The molecule has 27 heavy (non-hydrogen) atoms. The number of carbonyl (C=O) groups is 3. The maximum absolute atomic E-state index is 12.1. The van der Waals surface area contributed by atoms with E-state index in [4.69, 9.17) is 14.2 Å². The maximum atomic E-state index is 12.1. The Hall–Kier alpha value is -3.35. The first-order chi connectivity index (χ1) is 13.0. The summed E-state index contributed by atoms with van der Waals surface area (Å²) >= 11 is 0. The molecule has 0 bridgehead atoms. The van der Waals surface area contributed by atoms with Gasteiger partial charge in [0.1, 0.15) is 18.0 Å². The number of hydrogen-bond donors (Lipinski definition) is 1. The van der Waals surface area contributed by atoms with Crippen LogP contribution in [0.5, 0.6) is 11.5 Å². The zero-order chi connectivity index (χ0) is 19.6. The van der Waals surface area contributed by atoms with Crippen LogP contribution in [-0.4, -0.2) is 44.5 Å². The molecule has 0 aliphatic carbocycles. The molecular formula is C20H21NO6. The fourth-order valence-electron chi connectivity index (χ4n) is 2.27. The number of methoxy groups -OCH3 is 1. The lowest BCUT2D eigenvalue weighted by molar-refractivity contribution is -0.141. The van der Waals surface area contributed by atoms with Gasteiger partial charge in [0.2, 0.25) is 5.78 Å². The summed E-state index contributed by atoms with van der Waals surface area (Å²) in [5, 5.41) is 2.45. The van der Waals surface area contributed by atoms with Gasteiger partial charge in [-0.05, 0) is 43.3 Å². The highest BCUT2D eigenvalue weighted by Crippen LogP contribution is 2.17. The Bertz CT molecular complexity index is 800. The van der Waals surface area contributed by atoms with Crippen molar-refractivity contribution in [3.05, 3.63) is 59.7 Å². The lowest BCUT2D eigenvalue weighted by atomic mass is 10.1. The van der Waals surface area contributed by atoms with Crippen LogP contribution in [0.4, 0.5) is 0 Å². The first-order valence-electron chi connectivity index (χ1n) is 8.38. The molecule has 0 fully saturated rings. The van der Waals surface area contributed by atoms with Crippen molar-refractivity contribution in [3.8, 4) is 11.5 Å². The van der Waals surface area contributed by atoms with Gasteiger partial charge in [0.05, 0.1) is 19.3 Å². The number of benzene rings is 2. The van der Waals surface area contributed by atoms with Crippen LogP contribution in [0.3, 0.4) is 0 Å². The third kappa shape index (κ3) is 5.85. The molecule has 1 amide bonds. The lowest BCUT2D eigenvalue weighted by Crippen LogP contribution is -2.31. The first kappa shape index (κ1) is 20.0. The SMILES string of the molecule is CCOc1ccc(C(=O)NCC(=O)OCC(=O)c2ccccc2OC)cc1. The quantitative estimate of drug-likeness (QED) is 0.537. The molecule has 7 nitrogen and oxygen atoms in total. The Morgan fingerprint density at radius 1 is 1.00 bits per heavy atom. The molecule has 2 aromatic rings. The summed E-state index contributed by atoms with van der Waals surface area (Å²) in [5.74, 6) is -0.465. The molecule has 0 heterocycles. The first-order valence-corrected chi connectivity index (χ1v) is 8.38. The minimum absolute atomic E-state index is 0.325. The molecule has 0 radical (unpaired) electrons. The molecule has 142 valence electrons. The van der Waals surface area contributed by atoms with Crippen molar-refractivity contribution in [3.63, 3.8) is 0 Å². The van der Waals surface area contributed by atoms with E-state index < -0.39 is 24.3 Å². The third-order valence-corrected chi connectivity index (χ3v) is 3.59. The van der Waals surface area contributed by atoms with Gasteiger partial charge in [-0.1, -0.05) is 12.1 Å². The zero-order valence-electron chi connectivity index (χ0n) is 15.2. The number of Topliss-reactive ketones (excluding diaryl/α,β-unsaturated/α-hetero) is 1. The molecule has 2 rings (SSSR count). The molecule has 0 saturated heterocycles. The molecule has 0 atom stereocenters. The van der Waals surface area contributed by atoms with E-state index in [-0.39, 0.29) is 6.54 Å². The third-order valence-electron chi connectivity index (χ3n) is 3.59. The van der Waals surface area contributed by atoms with Crippen LogP contribution in [0.25, 0.3) is 0 Å². The Morgan fingerprint density at radius 3 is 2.37 bits per heavy atom. The molecule has 0 aromatic heterocycles. The number of rotatable bonds is 9. The van der Waals surface area contributed by atoms with E-state index in [1.165, 1.54) is 7.11 Å². The standard InChI is InChI=1S/C20H21NO6/c1-3-26-15-10-8-14(9-11-15)20(24)21-12-19(23)27-13-17(22)16-6-4-5-7-18(16)25-2/h4-11H,3,12-13H2,1-2H3,(H,21,24). The predicted octanol–water partition coefficient (Wildman–Crippen LogP) is 2.25. The minimum Gasteiger partial charge on any atom is -0.496 e. The number of carbonyl (C=O) groups excluding carboxylic acids is 3. The normalized spacial score (nSPS) is 10.0. The number of para-hydroxylation sites is 1. The van der Waals surface area contributed by atoms with E-state index in [0.29, 0.717) is 29.2 Å². The van der Waals surface area contributed by atoms with Crippen LogP contribution in [-0.2, 0) is 9.53 Å². The smallest absolute Gasteiger partial charge is 0.325 e. The van der Waals surface area contributed by atoms with Gasteiger partial charge in [0.15, 0.2) is 6.61 Å². The Balaban J connectivity index is 1.80. The van der Waals surface area contributed by atoms with Gasteiger partial charge in [-0.15, -0.1) is 0 Å². The van der Waals surface area contributed by atoms with Gasteiger partial charge in [-0.2, -0.15) is 0 Å². The van der Waals surface area contributed by atoms with E-state index in [2.05, 4.69) is 5.32 Å². The van der Waals surface area contributed by atoms with Gasteiger partial charge >= 0.3 is 5.97 Å². The number of esters is 1. The van der Waals surface area contributed by atoms with Crippen molar-refractivity contribution < 1.29 is 28.6 Å².